The highest BCUT2D eigenvalue weighted by atomic mass is 35.5. The van der Waals surface area contributed by atoms with E-state index in [0.717, 1.165) is 19.4 Å². The van der Waals surface area contributed by atoms with Crippen LogP contribution in [0.1, 0.15) is 18.4 Å². The molecule has 2 fully saturated rings. The maximum atomic E-state index is 13.7. The molecule has 2 unspecified atom stereocenters. The Morgan fingerprint density at radius 1 is 1.58 bits per heavy atom. The van der Waals surface area contributed by atoms with Crippen LogP contribution in [-0.2, 0) is 11.3 Å². The quantitative estimate of drug-likeness (QED) is 0.927. The molecule has 0 amide bonds. The fourth-order valence-corrected chi connectivity index (χ4v) is 3.36. The van der Waals surface area contributed by atoms with Gasteiger partial charge in [-0.2, -0.15) is 0 Å². The summed E-state index contributed by atoms with van der Waals surface area (Å²) in [4.78, 5) is 13.3. The number of likely N-dealkylation sites (tertiary alicyclic amines) is 1. The zero-order valence-corrected chi connectivity index (χ0v) is 11.2. The molecule has 102 valence electrons. The molecule has 0 spiro atoms. The molecule has 1 saturated carbocycles. The molecule has 1 aliphatic heterocycles. The van der Waals surface area contributed by atoms with Crippen LogP contribution in [0.3, 0.4) is 0 Å². The fourth-order valence-electron chi connectivity index (χ4n) is 3.14. The minimum absolute atomic E-state index is 0.303. The normalized spacial score (nSPS) is 29.9. The monoisotopic (exact) mass is 283 g/mol. The number of fused-ring (bicyclic) bond motifs is 1. The Bertz CT molecular complexity index is 516. The Morgan fingerprint density at radius 2 is 2.37 bits per heavy atom. The molecule has 19 heavy (non-hydrogen) atoms. The maximum Gasteiger partial charge on any atom is 0.311 e. The smallest absolute Gasteiger partial charge is 0.311 e. The number of carbonyl (C=O) groups is 1. The summed E-state index contributed by atoms with van der Waals surface area (Å²) in [6.07, 6.45) is 1.63. The van der Waals surface area contributed by atoms with Crippen molar-refractivity contribution in [2.75, 3.05) is 13.1 Å². The average Bonchev–Trinajstić information content (AvgIpc) is 3.09. The standard InChI is InChI=1S/C14H15ClFNO2/c15-11-2-1-3-12(16)10(11)7-17-5-4-9-6-14(9,8-17)13(18)19/h1-3,9H,4-8H2,(H,18,19). The van der Waals surface area contributed by atoms with Gasteiger partial charge in [-0.1, -0.05) is 17.7 Å². The number of carboxylic acid groups (broad SMARTS) is 1. The lowest BCUT2D eigenvalue weighted by Crippen LogP contribution is -2.40. The van der Waals surface area contributed by atoms with Crippen molar-refractivity contribution in [3.05, 3.63) is 34.6 Å². The Balaban J connectivity index is 1.76. The first-order chi connectivity index (χ1) is 9.03. The number of benzene rings is 1. The Kier molecular flexibility index (Phi) is 3.02. The Morgan fingerprint density at radius 3 is 3.05 bits per heavy atom. The van der Waals surface area contributed by atoms with Gasteiger partial charge in [-0.15, -0.1) is 0 Å². The third-order valence-corrected chi connectivity index (χ3v) is 4.75. The molecule has 0 bridgehead atoms. The van der Waals surface area contributed by atoms with Crippen molar-refractivity contribution in [1.29, 1.82) is 0 Å². The van der Waals surface area contributed by atoms with E-state index in [0.29, 0.717) is 29.6 Å². The lowest BCUT2D eigenvalue weighted by atomic mass is 9.97. The summed E-state index contributed by atoms with van der Waals surface area (Å²) >= 11 is 6.01. The highest BCUT2D eigenvalue weighted by molar-refractivity contribution is 6.31. The van der Waals surface area contributed by atoms with Crippen LogP contribution in [0.15, 0.2) is 18.2 Å². The molecule has 2 atom stereocenters. The van der Waals surface area contributed by atoms with E-state index >= 15 is 0 Å². The first kappa shape index (κ1) is 12.9. The van der Waals surface area contributed by atoms with E-state index in [-0.39, 0.29) is 5.82 Å². The maximum absolute atomic E-state index is 13.7. The molecule has 1 saturated heterocycles. The average molecular weight is 284 g/mol. The van der Waals surface area contributed by atoms with Crippen molar-refractivity contribution in [3.8, 4) is 0 Å². The summed E-state index contributed by atoms with van der Waals surface area (Å²) < 4.78 is 13.7. The molecule has 1 N–H and O–H groups in total. The number of hydrogen-bond acceptors (Lipinski definition) is 2. The number of nitrogens with zero attached hydrogens (tertiary/aromatic N) is 1. The highest BCUT2D eigenvalue weighted by Crippen LogP contribution is 2.57. The molecule has 0 radical (unpaired) electrons. The van der Waals surface area contributed by atoms with Gasteiger partial charge in [-0.3, -0.25) is 9.69 Å². The van der Waals surface area contributed by atoms with E-state index in [1.165, 1.54) is 6.07 Å². The third kappa shape index (κ3) is 2.13. The van der Waals surface area contributed by atoms with Crippen molar-refractivity contribution in [2.24, 2.45) is 11.3 Å². The molecule has 3 rings (SSSR count). The van der Waals surface area contributed by atoms with Crippen molar-refractivity contribution in [1.82, 2.24) is 4.90 Å². The van der Waals surface area contributed by atoms with Gasteiger partial charge in [0.15, 0.2) is 0 Å². The summed E-state index contributed by atoms with van der Waals surface area (Å²) in [6, 6.07) is 4.63. The van der Waals surface area contributed by atoms with Crippen molar-refractivity contribution in [3.63, 3.8) is 0 Å². The Labute approximate surface area is 116 Å². The van der Waals surface area contributed by atoms with E-state index in [1.54, 1.807) is 12.1 Å². The van der Waals surface area contributed by atoms with Crippen LogP contribution in [0.4, 0.5) is 4.39 Å². The number of rotatable bonds is 3. The first-order valence-corrected chi connectivity index (χ1v) is 6.79. The summed E-state index contributed by atoms with van der Waals surface area (Å²) in [6.45, 7) is 1.69. The highest BCUT2D eigenvalue weighted by Gasteiger charge is 2.62. The molecule has 5 heteroatoms. The zero-order chi connectivity index (χ0) is 13.6. The summed E-state index contributed by atoms with van der Waals surface area (Å²) in [5, 5.41) is 9.71. The number of aliphatic carboxylic acids is 1. The van der Waals surface area contributed by atoms with E-state index in [9.17, 15) is 14.3 Å². The van der Waals surface area contributed by atoms with Gasteiger partial charge in [0.05, 0.1) is 5.41 Å². The molecule has 1 aromatic rings. The Hall–Kier alpha value is -1.13. The molecule has 1 aliphatic carbocycles. The summed E-state index contributed by atoms with van der Waals surface area (Å²) in [5.41, 5.74) is -0.125. The van der Waals surface area contributed by atoms with Gasteiger partial charge >= 0.3 is 5.97 Å². The third-order valence-electron chi connectivity index (χ3n) is 4.40. The molecule has 0 aromatic heterocycles. The van der Waals surface area contributed by atoms with Crippen LogP contribution in [0.2, 0.25) is 5.02 Å². The molecule has 2 aliphatic rings. The minimum Gasteiger partial charge on any atom is -0.481 e. The molecular weight excluding hydrogens is 269 g/mol. The molecular formula is C14H15ClFNO2. The van der Waals surface area contributed by atoms with E-state index in [4.69, 9.17) is 11.6 Å². The lowest BCUT2D eigenvalue weighted by molar-refractivity contribution is -0.145. The molecule has 1 aromatic carbocycles. The van der Waals surface area contributed by atoms with Gasteiger partial charge in [0, 0.05) is 23.7 Å². The van der Waals surface area contributed by atoms with Gasteiger partial charge in [0.2, 0.25) is 0 Å². The van der Waals surface area contributed by atoms with E-state index in [1.807, 2.05) is 4.90 Å². The molecule has 3 nitrogen and oxygen atoms in total. The van der Waals surface area contributed by atoms with Crippen molar-refractivity contribution in [2.45, 2.75) is 19.4 Å². The number of halogens is 2. The van der Waals surface area contributed by atoms with Gasteiger partial charge in [-0.25, -0.2) is 4.39 Å². The fraction of sp³-hybridized carbons (Fsp3) is 0.500. The lowest BCUT2D eigenvalue weighted by Gasteiger charge is -2.30. The minimum atomic E-state index is -0.721. The van der Waals surface area contributed by atoms with Crippen LogP contribution in [0.25, 0.3) is 0 Å². The number of carboxylic acids is 1. The largest absolute Gasteiger partial charge is 0.481 e. The molecule has 1 heterocycles. The van der Waals surface area contributed by atoms with E-state index < -0.39 is 11.4 Å². The van der Waals surface area contributed by atoms with Crippen LogP contribution in [0, 0.1) is 17.2 Å². The number of hydrogen-bond donors (Lipinski definition) is 1. The second kappa shape index (κ2) is 4.46. The summed E-state index contributed by atoms with van der Waals surface area (Å²) in [7, 11) is 0. The van der Waals surface area contributed by atoms with Gasteiger partial charge in [0.25, 0.3) is 0 Å². The second-order valence-corrected chi connectivity index (χ2v) is 5.97. The second-order valence-electron chi connectivity index (χ2n) is 5.56. The van der Waals surface area contributed by atoms with E-state index in [2.05, 4.69) is 0 Å². The first-order valence-electron chi connectivity index (χ1n) is 6.41. The van der Waals surface area contributed by atoms with Crippen LogP contribution < -0.4 is 0 Å². The van der Waals surface area contributed by atoms with Crippen molar-refractivity contribution < 1.29 is 14.3 Å². The predicted molar refractivity (Wildman–Crippen MR) is 69.5 cm³/mol. The SMILES string of the molecule is O=C(O)C12CC1CCN(Cc1c(F)cccc1Cl)C2. The van der Waals surface area contributed by atoms with Gasteiger partial charge < -0.3 is 5.11 Å². The van der Waals surface area contributed by atoms with Gasteiger partial charge in [-0.05, 0) is 37.4 Å². The van der Waals surface area contributed by atoms with Gasteiger partial charge in [0.1, 0.15) is 5.82 Å². The van der Waals surface area contributed by atoms with Crippen molar-refractivity contribution >= 4 is 17.6 Å². The van der Waals surface area contributed by atoms with Crippen LogP contribution in [0.5, 0.6) is 0 Å². The van der Waals surface area contributed by atoms with Crippen LogP contribution >= 0.6 is 11.6 Å². The van der Waals surface area contributed by atoms with Crippen LogP contribution in [-0.4, -0.2) is 29.1 Å². The zero-order valence-electron chi connectivity index (χ0n) is 10.4. The predicted octanol–water partition coefficient (Wildman–Crippen LogP) is 2.78. The number of piperidine rings is 1. The topological polar surface area (TPSA) is 40.5 Å². The summed E-state index contributed by atoms with van der Waals surface area (Å²) in [5.74, 6) is -0.742.